The molecule has 0 aliphatic carbocycles. The monoisotopic (exact) mass is 236 g/mol. The number of carbonyl (C=O) groups is 1. The molecule has 0 radical (unpaired) electrons. The molecule has 4 heteroatoms. The van der Waals surface area contributed by atoms with E-state index >= 15 is 0 Å². The molecular formula is C13H20N2O2. The maximum atomic E-state index is 11.6. The average Bonchev–Trinajstić information content (AvgIpc) is 2.36. The quantitative estimate of drug-likeness (QED) is 0.806. The molecule has 0 saturated carbocycles. The van der Waals surface area contributed by atoms with Crippen LogP contribution in [0.25, 0.3) is 0 Å². The summed E-state index contributed by atoms with van der Waals surface area (Å²) in [5.41, 5.74) is 7.74. The van der Waals surface area contributed by atoms with Crippen LogP contribution >= 0.6 is 0 Å². The van der Waals surface area contributed by atoms with Gasteiger partial charge in [0.05, 0.1) is 0 Å². The van der Waals surface area contributed by atoms with Crippen LogP contribution in [0.15, 0.2) is 24.3 Å². The maximum absolute atomic E-state index is 11.6. The van der Waals surface area contributed by atoms with E-state index in [1.807, 2.05) is 31.2 Å². The smallest absolute Gasteiger partial charge is 0.248 e. The summed E-state index contributed by atoms with van der Waals surface area (Å²) in [6.45, 7) is 3.67. The van der Waals surface area contributed by atoms with Crippen LogP contribution in [0.1, 0.15) is 18.1 Å². The fourth-order valence-corrected chi connectivity index (χ4v) is 1.52. The van der Waals surface area contributed by atoms with Crippen LogP contribution in [0.3, 0.4) is 0 Å². The number of likely N-dealkylation sites (N-methyl/N-ethyl adjacent to an activating group) is 1. The highest BCUT2D eigenvalue weighted by molar-refractivity contribution is 5.77. The molecule has 2 N–H and O–H groups in total. The number of rotatable bonds is 6. The Morgan fingerprint density at radius 3 is 2.76 bits per heavy atom. The van der Waals surface area contributed by atoms with Gasteiger partial charge in [0.25, 0.3) is 0 Å². The van der Waals surface area contributed by atoms with Crippen LogP contribution in [0.5, 0.6) is 0 Å². The highest BCUT2D eigenvalue weighted by Crippen LogP contribution is 2.07. The molecule has 0 aliphatic heterocycles. The van der Waals surface area contributed by atoms with Crippen molar-refractivity contribution in [3.8, 4) is 0 Å². The molecule has 0 aromatic heterocycles. The van der Waals surface area contributed by atoms with E-state index in [9.17, 15) is 4.79 Å². The third-order valence-electron chi connectivity index (χ3n) is 2.50. The zero-order valence-corrected chi connectivity index (χ0v) is 10.5. The predicted molar refractivity (Wildman–Crippen MR) is 67.3 cm³/mol. The Balaban J connectivity index is 2.54. The molecular weight excluding hydrogens is 216 g/mol. The Hall–Kier alpha value is -1.39. The van der Waals surface area contributed by atoms with Gasteiger partial charge in [-0.3, -0.25) is 4.79 Å². The van der Waals surface area contributed by atoms with Gasteiger partial charge in [-0.05, 0) is 18.1 Å². The first kappa shape index (κ1) is 13.7. The van der Waals surface area contributed by atoms with Gasteiger partial charge >= 0.3 is 0 Å². The number of benzene rings is 1. The van der Waals surface area contributed by atoms with Gasteiger partial charge in [-0.15, -0.1) is 0 Å². The maximum Gasteiger partial charge on any atom is 0.248 e. The zero-order chi connectivity index (χ0) is 12.7. The van der Waals surface area contributed by atoms with Gasteiger partial charge < -0.3 is 15.4 Å². The minimum atomic E-state index is -0.00926. The predicted octanol–water partition coefficient (Wildman–Crippen LogP) is 1.14. The van der Waals surface area contributed by atoms with Gasteiger partial charge in [0.15, 0.2) is 0 Å². The van der Waals surface area contributed by atoms with Gasteiger partial charge in [-0.25, -0.2) is 0 Å². The van der Waals surface area contributed by atoms with Crippen molar-refractivity contribution in [2.75, 3.05) is 20.3 Å². The number of carbonyl (C=O) groups excluding carboxylic acids is 1. The zero-order valence-electron chi connectivity index (χ0n) is 10.5. The molecule has 0 unspecified atom stereocenters. The highest BCUT2D eigenvalue weighted by Gasteiger charge is 2.08. The minimum Gasteiger partial charge on any atom is -0.372 e. The number of amides is 1. The van der Waals surface area contributed by atoms with E-state index in [0.29, 0.717) is 19.7 Å². The summed E-state index contributed by atoms with van der Waals surface area (Å²) in [7, 11) is 1.77. The number of nitrogens with two attached hydrogens (primary N) is 1. The number of nitrogens with zero attached hydrogens (tertiary/aromatic N) is 1. The third-order valence-corrected chi connectivity index (χ3v) is 2.50. The number of hydrogen-bond acceptors (Lipinski definition) is 3. The summed E-state index contributed by atoms with van der Waals surface area (Å²) in [4.78, 5) is 13.3. The Morgan fingerprint density at radius 1 is 1.41 bits per heavy atom. The van der Waals surface area contributed by atoms with Gasteiger partial charge in [-0.1, -0.05) is 24.3 Å². The molecule has 4 nitrogen and oxygen atoms in total. The van der Waals surface area contributed by atoms with E-state index in [1.165, 1.54) is 0 Å². The first-order valence-electron chi connectivity index (χ1n) is 5.77. The number of ether oxygens (including phenoxy) is 1. The van der Waals surface area contributed by atoms with Crippen molar-refractivity contribution in [1.29, 1.82) is 0 Å². The second-order valence-electron chi connectivity index (χ2n) is 3.91. The van der Waals surface area contributed by atoms with Crippen molar-refractivity contribution >= 4 is 5.91 Å². The molecule has 0 spiro atoms. The van der Waals surface area contributed by atoms with E-state index < -0.39 is 0 Å². The van der Waals surface area contributed by atoms with Crippen molar-refractivity contribution in [3.05, 3.63) is 35.4 Å². The highest BCUT2D eigenvalue weighted by atomic mass is 16.5. The lowest BCUT2D eigenvalue weighted by molar-refractivity contribution is -0.135. The second-order valence-corrected chi connectivity index (χ2v) is 3.91. The van der Waals surface area contributed by atoms with Crippen molar-refractivity contribution in [1.82, 2.24) is 4.90 Å². The lowest BCUT2D eigenvalue weighted by Gasteiger charge is -2.17. The van der Waals surface area contributed by atoms with Gasteiger partial charge in [0.1, 0.15) is 6.61 Å². The Kier molecular flexibility index (Phi) is 5.66. The first-order valence-corrected chi connectivity index (χ1v) is 5.77. The van der Waals surface area contributed by atoms with Crippen LogP contribution in [0.2, 0.25) is 0 Å². The second kappa shape index (κ2) is 7.04. The van der Waals surface area contributed by atoms with E-state index in [1.54, 1.807) is 11.9 Å². The summed E-state index contributed by atoms with van der Waals surface area (Å²) >= 11 is 0. The van der Waals surface area contributed by atoms with Crippen LogP contribution in [0.4, 0.5) is 0 Å². The minimum absolute atomic E-state index is 0.00926. The van der Waals surface area contributed by atoms with Crippen LogP contribution in [-0.4, -0.2) is 31.1 Å². The summed E-state index contributed by atoms with van der Waals surface area (Å²) in [6, 6.07) is 7.94. The normalized spacial score (nSPS) is 10.3. The van der Waals surface area contributed by atoms with Crippen LogP contribution in [-0.2, 0) is 22.6 Å². The summed E-state index contributed by atoms with van der Waals surface area (Å²) in [5.74, 6) is -0.00926. The van der Waals surface area contributed by atoms with Crippen molar-refractivity contribution in [2.24, 2.45) is 5.73 Å². The molecule has 0 fully saturated rings. The topological polar surface area (TPSA) is 55.6 Å². The molecule has 1 rings (SSSR count). The summed E-state index contributed by atoms with van der Waals surface area (Å²) < 4.78 is 5.09. The average molecular weight is 236 g/mol. The van der Waals surface area contributed by atoms with E-state index in [-0.39, 0.29) is 12.5 Å². The molecule has 0 aliphatic rings. The first-order chi connectivity index (χ1) is 8.17. The largest absolute Gasteiger partial charge is 0.372 e. The molecule has 1 aromatic rings. The van der Waals surface area contributed by atoms with E-state index in [2.05, 4.69) is 0 Å². The Morgan fingerprint density at radius 2 is 2.12 bits per heavy atom. The Labute approximate surface area is 102 Å². The molecule has 0 atom stereocenters. The van der Waals surface area contributed by atoms with Crippen molar-refractivity contribution in [2.45, 2.75) is 20.0 Å². The molecule has 0 heterocycles. The fourth-order valence-electron chi connectivity index (χ4n) is 1.52. The number of hydrogen-bond donors (Lipinski definition) is 1. The van der Waals surface area contributed by atoms with Gasteiger partial charge in [-0.2, -0.15) is 0 Å². The molecule has 17 heavy (non-hydrogen) atoms. The van der Waals surface area contributed by atoms with Crippen LogP contribution in [0, 0.1) is 0 Å². The summed E-state index contributed by atoms with van der Waals surface area (Å²) in [5, 5.41) is 0. The van der Waals surface area contributed by atoms with Gasteiger partial charge in [0.2, 0.25) is 5.91 Å². The standard InChI is InChI=1S/C13H20N2O2/c1-3-17-10-13(16)15(2)9-12-6-4-5-11(7-12)8-14/h4-7H,3,8-10,14H2,1-2H3. The van der Waals surface area contributed by atoms with Gasteiger partial charge in [0, 0.05) is 26.7 Å². The van der Waals surface area contributed by atoms with E-state index in [4.69, 9.17) is 10.5 Å². The SMILES string of the molecule is CCOCC(=O)N(C)Cc1cccc(CN)c1. The molecule has 0 bridgehead atoms. The molecule has 94 valence electrons. The third kappa shape index (κ3) is 4.54. The summed E-state index contributed by atoms with van der Waals surface area (Å²) in [6.07, 6.45) is 0. The van der Waals surface area contributed by atoms with Crippen LogP contribution < -0.4 is 5.73 Å². The van der Waals surface area contributed by atoms with E-state index in [0.717, 1.165) is 11.1 Å². The molecule has 1 aromatic carbocycles. The lowest BCUT2D eigenvalue weighted by atomic mass is 10.1. The van der Waals surface area contributed by atoms with Crippen molar-refractivity contribution < 1.29 is 9.53 Å². The fraction of sp³-hybridized carbons (Fsp3) is 0.462. The molecule has 1 amide bonds. The van der Waals surface area contributed by atoms with Crippen molar-refractivity contribution in [3.63, 3.8) is 0 Å². The Bertz CT molecular complexity index is 366. The lowest BCUT2D eigenvalue weighted by Crippen LogP contribution is -2.29. The molecule has 0 saturated heterocycles.